The number of hydrogen-bond donors (Lipinski definition) is 0. The van der Waals surface area contributed by atoms with Crippen LogP contribution in [0.25, 0.3) is 0 Å². The van der Waals surface area contributed by atoms with E-state index in [-0.39, 0.29) is 16.9 Å². The number of rotatable bonds is 0. The van der Waals surface area contributed by atoms with Gasteiger partial charge in [0, 0.05) is 18.5 Å². The molecule has 82 valence electrons. The van der Waals surface area contributed by atoms with Gasteiger partial charge in [0.2, 0.25) is 0 Å². The third kappa shape index (κ3) is 2.92. The molecular weight excluding hydrogens is 218 g/mol. The van der Waals surface area contributed by atoms with E-state index in [1.165, 1.54) is 0 Å². The van der Waals surface area contributed by atoms with Gasteiger partial charge in [-0.15, -0.1) is 0 Å². The molecule has 1 saturated heterocycles. The van der Waals surface area contributed by atoms with E-state index in [2.05, 4.69) is 20.8 Å². The van der Waals surface area contributed by atoms with Crippen molar-refractivity contribution in [2.75, 3.05) is 24.6 Å². The predicted octanol–water partition coefficient (Wildman–Crippen LogP) is 1.09. The summed E-state index contributed by atoms with van der Waals surface area (Å²) in [6, 6.07) is 0. The van der Waals surface area contributed by atoms with Crippen molar-refractivity contribution in [3.8, 4) is 0 Å². The van der Waals surface area contributed by atoms with Gasteiger partial charge in [-0.05, 0) is 0 Å². The van der Waals surface area contributed by atoms with Crippen LogP contribution in [-0.2, 0) is 9.84 Å². The summed E-state index contributed by atoms with van der Waals surface area (Å²) in [5.41, 5.74) is -0.0452. The third-order valence-corrected chi connectivity index (χ3v) is 4.75. The number of hydrogen-bond acceptors (Lipinski definition) is 3. The van der Waals surface area contributed by atoms with Crippen molar-refractivity contribution in [2.24, 2.45) is 5.41 Å². The van der Waals surface area contributed by atoms with Crippen LogP contribution in [0.3, 0.4) is 0 Å². The van der Waals surface area contributed by atoms with Crippen molar-refractivity contribution in [3.05, 3.63) is 0 Å². The molecule has 0 unspecified atom stereocenters. The third-order valence-electron chi connectivity index (χ3n) is 2.27. The molecule has 0 aromatic heterocycles. The lowest BCUT2D eigenvalue weighted by Crippen LogP contribution is -2.47. The molecule has 0 atom stereocenters. The zero-order valence-electron chi connectivity index (χ0n) is 8.91. The van der Waals surface area contributed by atoms with Crippen LogP contribution in [0.4, 0.5) is 0 Å². The Morgan fingerprint density at radius 2 is 1.64 bits per heavy atom. The molecule has 3 nitrogen and oxygen atoms in total. The van der Waals surface area contributed by atoms with Gasteiger partial charge in [0.05, 0.1) is 16.5 Å². The van der Waals surface area contributed by atoms with E-state index >= 15 is 0 Å². The molecule has 0 saturated carbocycles. The van der Waals surface area contributed by atoms with Crippen LogP contribution in [0.15, 0.2) is 0 Å². The van der Waals surface area contributed by atoms with Gasteiger partial charge in [0.15, 0.2) is 9.84 Å². The second kappa shape index (κ2) is 3.77. The molecule has 0 spiro atoms. The molecule has 0 radical (unpaired) electrons. The molecule has 5 heteroatoms. The fraction of sp³-hybridized carbons (Fsp3) is 0.889. The summed E-state index contributed by atoms with van der Waals surface area (Å²) in [5, 5.41) is 0. The average Bonchev–Trinajstić information content (AvgIpc) is 2.01. The van der Waals surface area contributed by atoms with Gasteiger partial charge in [-0.3, -0.25) is 0 Å². The van der Waals surface area contributed by atoms with Crippen molar-refractivity contribution in [1.82, 2.24) is 4.90 Å². The van der Waals surface area contributed by atoms with Crippen LogP contribution >= 0.6 is 12.2 Å². The van der Waals surface area contributed by atoms with Crippen LogP contribution in [0.1, 0.15) is 20.8 Å². The number of thiocarbonyl (C=S) groups is 1. The van der Waals surface area contributed by atoms with E-state index in [0.29, 0.717) is 13.1 Å². The topological polar surface area (TPSA) is 37.4 Å². The minimum Gasteiger partial charge on any atom is -0.364 e. The summed E-state index contributed by atoms with van der Waals surface area (Å²) >= 11 is 5.32. The lowest BCUT2D eigenvalue weighted by atomic mass is 9.96. The van der Waals surface area contributed by atoms with E-state index in [9.17, 15) is 8.42 Å². The summed E-state index contributed by atoms with van der Waals surface area (Å²) < 4.78 is 22.4. The Balaban J connectivity index is 2.63. The summed E-state index contributed by atoms with van der Waals surface area (Å²) in [4.78, 5) is 2.88. The van der Waals surface area contributed by atoms with Crippen LogP contribution in [-0.4, -0.2) is 42.9 Å². The lowest BCUT2D eigenvalue weighted by molar-refractivity contribution is 0.400. The molecular formula is C9H17NO2S2. The highest BCUT2D eigenvalue weighted by Gasteiger charge is 2.28. The summed E-state index contributed by atoms with van der Waals surface area (Å²) in [5.74, 6) is 0.479. The summed E-state index contributed by atoms with van der Waals surface area (Å²) in [6.07, 6.45) is 0. The molecule has 0 amide bonds. The molecule has 1 aliphatic heterocycles. The quantitative estimate of drug-likeness (QED) is 0.589. The van der Waals surface area contributed by atoms with Crippen LogP contribution in [0.2, 0.25) is 0 Å². The zero-order chi connectivity index (χ0) is 11.0. The van der Waals surface area contributed by atoms with Crippen LogP contribution in [0, 0.1) is 5.41 Å². The smallest absolute Gasteiger partial charge is 0.153 e. The minimum absolute atomic E-state index is 0.0452. The van der Waals surface area contributed by atoms with Crippen molar-refractivity contribution in [1.29, 1.82) is 0 Å². The standard InChI is InChI=1S/C9H17NO2S2/c1-9(2,3)8(13)10-4-6-14(11,12)7-5-10/h4-7H2,1-3H3. The minimum atomic E-state index is -2.80. The van der Waals surface area contributed by atoms with Gasteiger partial charge >= 0.3 is 0 Å². The predicted molar refractivity (Wildman–Crippen MR) is 62.3 cm³/mol. The van der Waals surface area contributed by atoms with Gasteiger partial charge in [0.25, 0.3) is 0 Å². The van der Waals surface area contributed by atoms with E-state index < -0.39 is 9.84 Å². The van der Waals surface area contributed by atoms with E-state index in [1.807, 2.05) is 4.90 Å². The van der Waals surface area contributed by atoms with Gasteiger partial charge in [-0.2, -0.15) is 0 Å². The Kier molecular flexibility index (Phi) is 3.21. The molecule has 0 bridgehead atoms. The van der Waals surface area contributed by atoms with Crippen molar-refractivity contribution in [3.63, 3.8) is 0 Å². The SMILES string of the molecule is CC(C)(C)C(=S)N1CCS(=O)(=O)CC1. The first-order valence-electron chi connectivity index (χ1n) is 4.72. The highest BCUT2D eigenvalue weighted by molar-refractivity contribution is 7.91. The summed E-state index contributed by atoms with van der Waals surface area (Å²) in [6.45, 7) is 7.27. The molecule has 0 aliphatic carbocycles. The molecule has 14 heavy (non-hydrogen) atoms. The average molecular weight is 235 g/mol. The first-order chi connectivity index (χ1) is 6.22. The maximum atomic E-state index is 11.2. The fourth-order valence-electron chi connectivity index (χ4n) is 1.39. The van der Waals surface area contributed by atoms with Crippen molar-refractivity contribution in [2.45, 2.75) is 20.8 Å². The van der Waals surface area contributed by atoms with Gasteiger partial charge < -0.3 is 4.90 Å². The Labute approximate surface area is 91.4 Å². The van der Waals surface area contributed by atoms with Gasteiger partial charge in [0.1, 0.15) is 0 Å². The highest BCUT2D eigenvalue weighted by atomic mass is 32.2. The van der Waals surface area contributed by atoms with Crippen LogP contribution in [0.5, 0.6) is 0 Å². The lowest BCUT2D eigenvalue weighted by Gasteiger charge is -2.35. The van der Waals surface area contributed by atoms with E-state index in [0.717, 1.165) is 4.99 Å². The number of nitrogens with zero attached hydrogens (tertiary/aromatic N) is 1. The monoisotopic (exact) mass is 235 g/mol. The molecule has 1 heterocycles. The largest absolute Gasteiger partial charge is 0.364 e. The zero-order valence-corrected chi connectivity index (χ0v) is 10.5. The second-order valence-corrected chi connectivity index (χ2v) is 7.38. The van der Waals surface area contributed by atoms with Gasteiger partial charge in [-0.1, -0.05) is 33.0 Å². The maximum Gasteiger partial charge on any atom is 0.153 e. The first kappa shape index (κ1) is 11.9. The molecule has 1 rings (SSSR count). The maximum absolute atomic E-state index is 11.2. The normalized spacial score (nSPS) is 22.1. The Bertz CT molecular complexity index is 313. The fourth-order valence-corrected chi connectivity index (χ4v) is 2.77. The second-order valence-electron chi connectivity index (χ2n) is 4.69. The van der Waals surface area contributed by atoms with Crippen molar-refractivity contribution >= 4 is 27.0 Å². The van der Waals surface area contributed by atoms with E-state index in [1.54, 1.807) is 0 Å². The number of sulfone groups is 1. The van der Waals surface area contributed by atoms with Crippen LogP contribution < -0.4 is 0 Å². The summed E-state index contributed by atoms with van der Waals surface area (Å²) in [7, 11) is -2.80. The first-order valence-corrected chi connectivity index (χ1v) is 6.95. The Hall–Kier alpha value is -0.160. The highest BCUT2D eigenvalue weighted by Crippen LogP contribution is 2.20. The molecule has 0 N–H and O–H groups in total. The molecule has 1 fully saturated rings. The molecule has 0 aromatic rings. The molecule has 0 aromatic carbocycles. The Morgan fingerprint density at radius 1 is 1.21 bits per heavy atom. The van der Waals surface area contributed by atoms with E-state index in [4.69, 9.17) is 12.2 Å². The molecule has 1 aliphatic rings. The van der Waals surface area contributed by atoms with Crippen molar-refractivity contribution < 1.29 is 8.42 Å². The van der Waals surface area contributed by atoms with Gasteiger partial charge in [-0.25, -0.2) is 8.42 Å². The Morgan fingerprint density at radius 3 is 2.00 bits per heavy atom.